The molecule has 1 aliphatic rings. The van der Waals surface area contributed by atoms with Crippen molar-refractivity contribution in [1.29, 1.82) is 0 Å². The first-order valence-electron chi connectivity index (χ1n) is 7.16. The van der Waals surface area contributed by atoms with Gasteiger partial charge in [0, 0.05) is 16.5 Å². The second-order valence-electron chi connectivity index (χ2n) is 6.36. The lowest BCUT2D eigenvalue weighted by Crippen LogP contribution is -2.50. The van der Waals surface area contributed by atoms with Crippen LogP contribution in [-0.2, 0) is 4.79 Å². The summed E-state index contributed by atoms with van der Waals surface area (Å²) in [4.78, 5) is 13.5. The van der Waals surface area contributed by atoms with Crippen molar-refractivity contribution in [3.8, 4) is 0 Å². The van der Waals surface area contributed by atoms with Crippen LogP contribution in [0.4, 0.5) is 0 Å². The van der Waals surface area contributed by atoms with Gasteiger partial charge in [0.25, 0.3) is 0 Å². The van der Waals surface area contributed by atoms with Crippen LogP contribution in [0.2, 0.25) is 0 Å². The first kappa shape index (κ1) is 15.4. The Morgan fingerprint density at radius 2 is 2.05 bits per heavy atom. The minimum Gasteiger partial charge on any atom is -0.350 e. The van der Waals surface area contributed by atoms with Crippen LogP contribution >= 0.6 is 11.8 Å². The summed E-state index contributed by atoms with van der Waals surface area (Å²) >= 11 is 1.90. The maximum atomic E-state index is 12.2. The van der Waals surface area contributed by atoms with Crippen LogP contribution in [0.1, 0.15) is 45.7 Å². The van der Waals surface area contributed by atoms with Gasteiger partial charge in [0.05, 0.1) is 6.04 Å². The summed E-state index contributed by atoms with van der Waals surface area (Å²) in [6, 6.07) is 8.55. The molecular formula is C16H24N2OS. The molecule has 2 N–H and O–H groups in total. The van der Waals surface area contributed by atoms with Crippen LogP contribution in [0, 0.1) is 0 Å². The van der Waals surface area contributed by atoms with E-state index in [0.717, 1.165) is 12.2 Å². The largest absolute Gasteiger partial charge is 0.350 e. The van der Waals surface area contributed by atoms with Gasteiger partial charge in [-0.15, -0.1) is 11.8 Å². The summed E-state index contributed by atoms with van der Waals surface area (Å²) in [6.45, 7) is 7.95. The van der Waals surface area contributed by atoms with Gasteiger partial charge in [-0.25, -0.2) is 0 Å². The molecule has 1 aromatic rings. The molecule has 1 heterocycles. The maximum absolute atomic E-state index is 12.2. The van der Waals surface area contributed by atoms with Crippen LogP contribution in [0.25, 0.3) is 0 Å². The molecule has 110 valence electrons. The topological polar surface area (TPSA) is 41.1 Å². The zero-order chi connectivity index (χ0) is 14.8. The molecule has 2 rings (SSSR count). The van der Waals surface area contributed by atoms with Crippen LogP contribution < -0.4 is 10.6 Å². The van der Waals surface area contributed by atoms with E-state index in [1.165, 1.54) is 10.5 Å². The van der Waals surface area contributed by atoms with Gasteiger partial charge in [0.2, 0.25) is 5.91 Å². The Morgan fingerprint density at radius 1 is 1.35 bits per heavy atom. The van der Waals surface area contributed by atoms with E-state index in [-0.39, 0.29) is 23.5 Å². The lowest BCUT2D eigenvalue weighted by molar-refractivity contribution is -0.124. The van der Waals surface area contributed by atoms with E-state index in [2.05, 4.69) is 34.9 Å². The standard InChI is InChI=1S/C16H24N2OS/c1-11(15(19)18-16(2,3)4)17-13-9-10-20-14-8-6-5-7-12(13)14/h5-8,11,13,17H,9-10H2,1-4H3,(H,18,19). The summed E-state index contributed by atoms with van der Waals surface area (Å²) < 4.78 is 0. The smallest absolute Gasteiger partial charge is 0.237 e. The summed E-state index contributed by atoms with van der Waals surface area (Å²) in [5, 5.41) is 6.50. The minimum absolute atomic E-state index is 0.0632. The Hall–Kier alpha value is -1.00. The lowest BCUT2D eigenvalue weighted by atomic mass is 10.0. The lowest BCUT2D eigenvalue weighted by Gasteiger charge is -2.30. The molecule has 20 heavy (non-hydrogen) atoms. The molecule has 0 spiro atoms. The number of hydrogen-bond donors (Lipinski definition) is 2. The number of rotatable bonds is 3. The normalized spacial score (nSPS) is 20.1. The van der Waals surface area contributed by atoms with E-state index in [0.29, 0.717) is 0 Å². The second-order valence-corrected chi connectivity index (χ2v) is 7.49. The molecule has 2 unspecified atom stereocenters. The summed E-state index contributed by atoms with van der Waals surface area (Å²) in [5.41, 5.74) is 1.13. The third-order valence-electron chi connectivity index (χ3n) is 3.30. The van der Waals surface area contributed by atoms with Crippen LogP contribution in [0.3, 0.4) is 0 Å². The molecule has 1 amide bonds. The minimum atomic E-state index is -0.187. The summed E-state index contributed by atoms with van der Waals surface area (Å²) in [7, 11) is 0. The Kier molecular flexibility index (Phi) is 4.76. The average molecular weight is 292 g/mol. The summed E-state index contributed by atoms with van der Waals surface area (Å²) in [5.74, 6) is 1.16. The Bertz CT molecular complexity index is 482. The number of benzene rings is 1. The predicted molar refractivity (Wildman–Crippen MR) is 85.0 cm³/mol. The van der Waals surface area contributed by atoms with Crippen LogP contribution in [0.15, 0.2) is 29.2 Å². The van der Waals surface area contributed by atoms with Gasteiger partial charge in [-0.1, -0.05) is 18.2 Å². The molecule has 0 bridgehead atoms. The molecular weight excluding hydrogens is 268 g/mol. The summed E-state index contributed by atoms with van der Waals surface area (Å²) in [6.07, 6.45) is 1.06. The van der Waals surface area contributed by atoms with Gasteiger partial charge in [-0.3, -0.25) is 10.1 Å². The molecule has 0 saturated heterocycles. The van der Waals surface area contributed by atoms with E-state index in [4.69, 9.17) is 0 Å². The number of amides is 1. The van der Waals surface area contributed by atoms with Gasteiger partial charge in [-0.2, -0.15) is 0 Å². The second kappa shape index (κ2) is 6.19. The fourth-order valence-electron chi connectivity index (χ4n) is 2.37. The molecule has 0 aliphatic carbocycles. The molecule has 0 saturated carbocycles. The van der Waals surface area contributed by atoms with Gasteiger partial charge in [0.15, 0.2) is 0 Å². The molecule has 3 nitrogen and oxygen atoms in total. The zero-order valence-corrected chi connectivity index (χ0v) is 13.5. The third kappa shape index (κ3) is 4.00. The molecule has 1 aromatic carbocycles. The third-order valence-corrected chi connectivity index (χ3v) is 4.42. The van der Waals surface area contributed by atoms with Gasteiger partial charge >= 0.3 is 0 Å². The van der Waals surface area contributed by atoms with Crippen molar-refractivity contribution < 1.29 is 4.79 Å². The number of nitrogens with one attached hydrogen (secondary N) is 2. The van der Waals surface area contributed by atoms with Crippen molar-refractivity contribution in [2.24, 2.45) is 0 Å². The van der Waals surface area contributed by atoms with Gasteiger partial charge in [0.1, 0.15) is 0 Å². The van der Waals surface area contributed by atoms with Crippen molar-refractivity contribution in [3.05, 3.63) is 29.8 Å². The van der Waals surface area contributed by atoms with Crippen molar-refractivity contribution in [3.63, 3.8) is 0 Å². The number of thioether (sulfide) groups is 1. The number of hydrogen-bond acceptors (Lipinski definition) is 3. The van der Waals surface area contributed by atoms with Crippen molar-refractivity contribution in [2.45, 2.75) is 56.6 Å². The van der Waals surface area contributed by atoms with E-state index in [9.17, 15) is 4.79 Å². The Morgan fingerprint density at radius 3 is 2.75 bits per heavy atom. The Balaban J connectivity index is 2.02. The fraction of sp³-hybridized carbons (Fsp3) is 0.562. The molecule has 2 atom stereocenters. The molecule has 0 radical (unpaired) electrons. The maximum Gasteiger partial charge on any atom is 0.237 e. The Labute approximate surface area is 125 Å². The number of carbonyl (C=O) groups is 1. The van der Waals surface area contributed by atoms with Crippen LogP contribution in [0.5, 0.6) is 0 Å². The first-order valence-corrected chi connectivity index (χ1v) is 8.15. The van der Waals surface area contributed by atoms with E-state index < -0.39 is 0 Å². The van der Waals surface area contributed by atoms with Crippen molar-refractivity contribution >= 4 is 17.7 Å². The quantitative estimate of drug-likeness (QED) is 0.899. The van der Waals surface area contributed by atoms with E-state index in [1.54, 1.807) is 0 Å². The average Bonchev–Trinajstić information content (AvgIpc) is 2.37. The highest BCUT2D eigenvalue weighted by molar-refractivity contribution is 7.99. The molecule has 0 fully saturated rings. The predicted octanol–water partition coefficient (Wildman–Crippen LogP) is 3.12. The fourth-order valence-corrected chi connectivity index (χ4v) is 3.50. The SMILES string of the molecule is CC(NC1CCSc2ccccc21)C(=O)NC(C)(C)C. The van der Waals surface area contributed by atoms with Crippen molar-refractivity contribution in [2.75, 3.05) is 5.75 Å². The monoisotopic (exact) mass is 292 g/mol. The van der Waals surface area contributed by atoms with E-state index in [1.807, 2.05) is 39.5 Å². The van der Waals surface area contributed by atoms with Gasteiger partial charge in [-0.05, 0) is 51.5 Å². The van der Waals surface area contributed by atoms with Gasteiger partial charge < -0.3 is 5.32 Å². The zero-order valence-electron chi connectivity index (χ0n) is 12.7. The van der Waals surface area contributed by atoms with Crippen LogP contribution in [-0.4, -0.2) is 23.2 Å². The highest BCUT2D eigenvalue weighted by Crippen LogP contribution is 2.35. The number of carbonyl (C=O) groups excluding carboxylic acids is 1. The molecule has 1 aliphatic heterocycles. The van der Waals surface area contributed by atoms with Crippen molar-refractivity contribution in [1.82, 2.24) is 10.6 Å². The molecule has 0 aromatic heterocycles. The first-order chi connectivity index (χ1) is 9.37. The number of fused-ring (bicyclic) bond motifs is 1. The molecule has 4 heteroatoms. The highest BCUT2D eigenvalue weighted by Gasteiger charge is 2.25. The van der Waals surface area contributed by atoms with E-state index >= 15 is 0 Å². The highest BCUT2D eigenvalue weighted by atomic mass is 32.2.